The molecule has 0 radical (unpaired) electrons. The van der Waals surface area contributed by atoms with E-state index >= 15 is 0 Å². The van der Waals surface area contributed by atoms with Gasteiger partial charge in [0.2, 0.25) is 0 Å². The zero-order chi connectivity index (χ0) is 12.5. The minimum absolute atomic E-state index is 0.156. The third-order valence-corrected chi connectivity index (χ3v) is 2.24. The van der Waals surface area contributed by atoms with Gasteiger partial charge in [-0.2, -0.15) is 18.4 Å². The summed E-state index contributed by atoms with van der Waals surface area (Å²) >= 11 is 5.59. The van der Waals surface area contributed by atoms with Crippen molar-refractivity contribution < 1.29 is 18.0 Å². The molecule has 1 rings (SSSR count). The summed E-state index contributed by atoms with van der Waals surface area (Å²) in [7, 11) is 0. The van der Waals surface area contributed by atoms with E-state index in [-0.39, 0.29) is 10.6 Å². The van der Waals surface area contributed by atoms with Crippen LogP contribution in [0.1, 0.15) is 28.4 Å². The van der Waals surface area contributed by atoms with Crippen LogP contribution in [0.3, 0.4) is 0 Å². The van der Waals surface area contributed by atoms with Gasteiger partial charge in [0.05, 0.1) is 21.7 Å². The van der Waals surface area contributed by atoms with Crippen molar-refractivity contribution >= 4 is 17.4 Å². The Bertz CT molecular complexity index is 488. The van der Waals surface area contributed by atoms with Gasteiger partial charge in [-0.05, 0) is 19.1 Å². The molecule has 0 spiro atoms. The maximum absolute atomic E-state index is 12.5. The number of carbonyl (C=O) groups excluding carboxylic acids is 1. The van der Waals surface area contributed by atoms with Crippen molar-refractivity contribution in [2.24, 2.45) is 0 Å². The highest BCUT2D eigenvalue weighted by atomic mass is 35.5. The van der Waals surface area contributed by atoms with E-state index in [0.717, 1.165) is 13.0 Å². The molecular weight excluding hydrogens is 243 g/mol. The first-order valence-electron chi connectivity index (χ1n) is 4.09. The number of Topliss-reactive ketones (excluding diaryl/α,β-unsaturated/α-hetero) is 1. The smallest absolute Gasteiger partial charge is 0.294 e. The maximum atomic E-state index is 12.5. The van der Waals surface area contributed by atoms with Gasteiger partial charge >= 0.3 is 6.18 Å². The first-order valence-corrected chi connectivity index (χ1v) is 4.47. The van der Waals surface area contributed by atoms with Crippen LogP contribution >= 0.6 is 11.6 Å². The van der Waals surface area contributed by atoms with Gasteiger partial charge in [-0.3, -0.25) is 4.79 Å². The van der Waals surface area contributed by atoms with Crippen LogP contribution in [0.25, 0.3) is 0 Å². The number of carbonyl (C=O) groups is 1. The average molecular weight is 248 g/mol. The average Bonchev–Trinajstić information content (AvgIpc) is 2.14. The highest BCUT2D eigenvalue weighted by Crippen LogP contribution is 2.35. The van der Waals surface area contributed by atoms with Crippen LogP contribution in [-0.2, 0) is 6.18 Å². The van der Waals surface area contributed by atoms with Crippen LogP contribution in [0.4, 0.5) is 13.2 Å². The number of alkyl halides is 3. The maximum Gasteiger partial charge on any atom is 0.417 e. The van der Waals surface area contributed by atoms with Crippen molar-refractivity contribution in [2.45, 2.75) is 13.1 Å². The highest BCUT2D eigenvalue weighted by Gasteiger charge is 2.35. The van der Waals surface area contributed by atoms with E-state index < -0.39 is 23.1 Å². The standard InChI is InChI=1S/C10H5ClF3NO/c1-5(16)9-6(4-15)7(10(12,13)14)2-3-8(9)11/h2-3H,1H3. The second kappa shape index (κ2) is 4.14. The van der Waals surface area contributed by atoms with Crippen LogP contribution in [0, 0.1) is 11.3 Å². The summed E-state index contributed by atoms with van der Waals surface area (Å²) in [5.41, 5.74) is -2.27. The zero-order valence-corrected chi connectivity index (χ0v) is 8.78. The molecule has 0 saturated heterocycles. The van der Waals surface area contributed by atoms with Gasteiger partial charge in [-0.15, -0.1) is 0 Å². The Morgan fingerprint density at radius 3 is 2.38 bits per heavy atom. The Morgan fingerprint density at radius 2 is 2.00 bits per heavy atom. The molecular formula is C10H5ClF3NO. The molecule has 0 aliphatic heterocycles. The van der Waals surface area contributed by atoms with Crippen molar-refractivity contribution in [3.63, 3.8) is 0 Å². The lowest BCUT2D eigenvalue weighted by molar-refractivity contribution is -0.137. The fraction of sp³-hybridized carbons (Fsp3) is 0.200. The van der Waals surface area contributed by atoms with Crippen molar-refractivity contribution in [1.82, 2.24) is 0 Å². The Balaban J connectivity index is 3.64. The largest absolute Gasteiger partial charge is 0.417 e. The van der Waals surface area contributed by atoms with Crippen molar-refractivity contribution in [2.75, 3.05) is 0 Å². The number of hydrogen-bond donors (Lipinski definition) is 0. The highest BCUT2D eigenvalue weighted by molar-refractivity contribution is 6.34. The first kappa shape index (κ1) is 12.5. The van der Waals surface area contributed by atoms with Crippen LogP contribution in [0.2, 0.25) is 5.02 Å². The lowest BCUT2D eigenvalue weighted by atomic mass is 9.99. The minimum Gasteiger partial charge on any atom is -0.294 e. The van der Waals surface area contributed by atoms with E-state index in [0.29, 0.717) is 6.07 Å². The van der Waals surface area contributed by atoms with Crippen molar-refractivity contribution in [1.29, 1.82) is 5.26 Å². The second-order valence-corrected chi connectivity index (χ2v) is 3.42. The van der Waals surface area contributed by atoms with Crippen LogP contribution in [0.15, 0.2) is 12.1 Å². The summed E-state index contributed by atoms with van der Waals surface area (Å²) in [5.74, 6) is -0.673. The fourth-order valence-electron chi connectivity index (χ4n) is 1.27. The molecule has 1 aromatic rings. The fourth-order valence-corrected chi connectivity index (χ4v) is 1.56. The van der Waals surface area contributed by atoms with Crippen molar-refractivity contribution in [3.05, 3.63) is 33.8 Å². The van der Waals surface area contributed by atoms with Gasteiger partial charge in [0.25, 0.3) is 0 Å². The Kier molecular flexibility index (Phi) is 3.24. The Morgan fingerprint density at radius 1 is 1.44 bits per heavy atom. The first-order chi connectivity index (χ1) is 7.29. The number of nitriles is 1. The number of rotatable bonds is 1. The monoisotopic (exact) mass is 247 g/mol. The Labute approximate surface area is 94.2 Å². The van der Waals surface area contributed by atoms with E-state index in [1.54, 1.807) is 0 Å². The molecule has 0 fully saturated rings. The predicted octanol–water partition coefficient (Wildman–Crippen LogP) is 3.43. The summed E-state index contributed by atoms with van der Waals surface area (Å²) in [6, 6.07) is 3.02. The van der Waals surface area contributed by atoms with Gasteiger partial charge in [0.1, 0.15) is 6.07 Å². The van der Waals surface area contributed by atoms with Gasteiger partial charge < -0.3 is 0 Å². The quantitative estimate of drug-likeness (QED) is 0.714. The number of halogens is 4. The summed E-state index contributed by atoms with van der Waals surface area (Å²) in [5, 5.41) is 8.52. The van der Waals surface area contributed by atoms with E-state index in [4.69, 9.17) is 16.9 Å². The number of ketones is 1. The topological polar surface area (TPSA) is 40.9 Å². The molecule has 0 bridgehead atoms. The molecule has 0 aromatic heterocycles. The molecule has 0 unspecified atom stereocenters. The van der Waals surface area contributed by atoms with Crippen LogP contribution in [-0.4, -0.2) is 5.78 Å². The molecule has 0 saturated carbocycles. The number of hydrogen-bond acceptors (Lipinski definition) is 2. The normalized spacial score (nSPS) is 11.0. The van der Waals surface area contributed by atoms with Gasteiger partial charge in [-0.1, -0.05) is 11.6 Å². The van der Waals surface area contributed by atoms with E-state index in [2.05, 4.69) is 0 Å². The molecule has 0 amide bonds. The van der Waals surface area contributed by atoms with Crippen molar-refractivity contribution in [3.8, 4) is 6.07 Å². The molecule has 0 atom stereocenters. The van der Waals surface area contributed by atoms with E-state index in [1.165, 1.54) is 6.07 Å². The molecule has 1 aromatic carbocycles. The molecule has 0 aliphatic rings. The lowest BCUT2D eigenvalue weighted by Crippen LogP contribution is -2.11. The Hall–Kier alpha value is -1.54. The summed E-state index contributed by atoms with van der Waals surface area (Å²) in [6.45, 7) is 1.06. The van der Waals surface area contributed by atoms with Gasteiger partial charge in [-0.25, -0.2) is 0 Å². The third kappa shape index (κ3) is 2.17. The lowest BCUT2D eigenvalue weighted by Gasteiger charge is -2.11. The molecule has 0 N–H and O–H groups in total. The van der Waals surface area contributed by atoms with Crippen LogP contribution < -0.4 is 0 Å². The molecule has 2 nitrogen and oxygen atoms in total. The molecule has 16 heavy (non-hydrogen) atoms. The summed E-state index contributed by atoms with van der Waals surface area (Å²) in [4.78, 5) is 11.1. The molecule has 6 heteroatoms. The van der Waals surface area contributed by atoms with E-state index in [1.807, 2.05) is 0 Å². The number of benzene rings is 1. The van der Waals surface area contributed by atoms with Crippen LogP contribution in [0.5, 0.6) is 0 Å². The molecule has 84 valence electrons. The zero-order valence-electron chi connectivity index (χ0n) is 8.02. The number of nitrogens with zero attached hydrogens (tertiary/aromatic N) is 1. The molecule has 0 heterocycles. The second-order valence-electron chi connectivity index (χ2n) is 3.01. The predicted molar refractivity (Wildman–Crippen MR) is 51.2 cm³/mol. The summed E-state index contributed by atoms with van der Waals surface area (Å²) < 4.78 is 37.5. The van der Waals surface area contributed by atoms with Gasteiger partial charge in [0.15, 0.2) is 5.78 Å². The summed E-state index contributed by atoms with van der Waals surface area (Å²) in [6.07, 6.45) is -4.68. The minimum atomic E-state index is -4.68. The molecule has 0 aliphatic carbocycles. The van der Waals surface area contributed by atoms with E-state index in [9.17, 15) is 18.0 Å². The third-order valence-electron chi connectivity index (χ3n) is 1.92. The SMILES string of the molecule is CC(=O)c1c(Cl)ccc(C(F)(F)F)c1C#N. The van der Waals surface area contributed by atoms with Gasteiger partial charge in [0, 0.05) is 0 Å².